The minimum atomic E-state index is 0.310. The van der Waals surface area contributed by atoms with E-state index in [1.165, 1.54) is 5.56 Å². The van der Waals surface area contributed by atoms with Gasteiger partial charge in [-0.3, -0.25) is 0 Å². The van der Waals surface area contributed by atoms with Gasteiger partial charge in [-0.15, -0.1) is 0 Å². The molecule has 0 saturated heterocycles. The highest BCUT2D eigenvalue weighted by Gasteiger charge is 2.00. The number of nitrogens with two attached hydrogens (primary N) is 2. The van der Waals surface area contributed by atoms with E-state index in [4.69, 9.17) is 16.3 Å². The Morgan fingerprint density at radius 1 is 1.00 bits per heavy atom. The van der Waals surface area contributed by atoms with Crippen molar-refractivity contribution in [2.45, 2.75) is 19.3 Å². The van der Waals surface area contributed by atoms with Crippen LogP contribution in [0.5, 0.6) is 5.75 Å². The summed E-state index contributed by atoms with van der Waals surface area (Å²) in [6.45, 7) is 0.690. The van der Waals surface area contributed by atoms with E-state index in [1.54, 1.807) is 0 Å². The zero-order valence-electron chi connectivity index (χ0n) is 12.0. The Morgan fingerprint density at radius 3 is 2.57 bits per heavy atom. The maximum atomic E-state index is 5.73. The molecule has 0 aliphatic rings. The van der Waals surface area contributed by atoms with Crippen LogP contribution >= 0.6 is 0 Å². The normalized spacial score (nSPS) is 11.3. The second-order valence-electron chi connectivity index (χ2n) is 4.83. The first kappa shape index (κ1) is 14.9. The smallest absolute Gasteiger partial charge is 0.150 e. The Hall–Kier alpha value is -2.49. The molecule has 0 heterocycles. The SMILES string of the molecule is NN=C(N)c1cccc(OCCCCc2ccccc2)c1. The van der Waals surface area contributed by atoms with E-state index in [9.17, 15) is 0 Å². The van der Waals surface area contributed by atoms with Gasteiger partial charge in [0.1, 0.15) is 11.6 Å². The third-order valence-electron chi connectivity index (χ3n) is 3.24. The van der Waals surface area contributed by atoms with E-state index >= 15 is 0 Å². The number of hydrogen-bond acceptors (Lipinski definition) is 3. The van der Waals surface area contributed by atoms with Crippen molar-refractivity contribution in [1.29, 1.82) is 0 Å². The molecule has 0 unspecified atom stereocenters. The van der Waals surface area contributed by atoms with Gasteiger partial charge in [-0.05, 0) is 37.0 Å². The largest absolute Gasteiger partial charge is 0.494 e. The Kier molecular flexibility index (Phi) is 5.64. The van der Waals surface area contributed by atoms with Gasteiger partial charge < -0.3 is 16.3 Å². The standard InChI is InChI=1S/C17H21N3O/c18-17(20-19)15-10-6-11-16(13-15)21-12-5-4-9-14-7-2-1-3-8-14/h1-3,6-8,10-11,13H,4-5,9,12,19H2,(H2,18,20). The number of hydrogen-bond donors (Lipinski definition) is 2. The molecule has 4 heteroatoms. The van der Waals surface area contributed by atoms with Crippen molar-refractivity contribution >= 4 is 5.84 Å². The lowest BCUT2D eigenvalue weighted by molar-refractivity contribution is 0.307. The van der Waals surface area contributed by atoms with E-state index in [0.29, 0.717) is 12.4 Å². The van der Waals surface area contributed by atoms with Crippen LogP contribution in [0.15, 0.2) is 59.7 Å². The molecule has 21 heavy (non-hydrogen) atoms. The lowest BCUT2D eigenvalue weighted by atomic mass is 10.1. The molecule has 0 atom stereocenters. The van der Waals surface area contributed by atoms with Crippen LogP contribution < -0.4 is 16.3 Å². The lowest BCUT2D eigenvalue weighted by Crippen LogP contribution is -2.15. The van der Waals surface area contributed by atoms with Crippen molar-refractivity contribution in [3.63, 3.8) is 0 Å². The number of hydrazone groups is 1. The third kappa shape index (κ3) is 4.84. The highest BCUT2D eigenvalue weighted by molar-refractivity contribution is 5.97. The summed E-state index contributed by atoms with van der Waals surface area (Å²) in [5.41, 5.74) is 7.82. The minimum Gasteiger partial charge on any atom is -0.494 e. The van der Waals surface area contributed by atoms with Crippen LogP contribution in [0.3, 0.4) is 0 Å². The highest BCUT2D eigenvalue weighted by Crippen LogP contribution is 2.14. The molecule has 0 saturated carbocycles. The molecular weight excluding hydrogens is 262 g/mol. The minimum absolute atomic E-state index is 0.310. The van der Waals surface area contributed by atoms with Gasteiger partial charge in [0.05, 0.1) is 6.61 Å². The summed E-state index contributed by atoms with van der Waals surface area (Å²) in [6.07, 6.45) is 3.20. The van der Waals surface area contributed by atoms with Crippen LogP contribution in [0, 0.1) is 0 Å². The van der Waals surface area contributed by atoms with E-state index < -0.39 is 0 Å². The predicted octanol–water partition coefficient (Wildman–Crippen LogP) is 2.67. The number of nitrogens with zero attached hydrogens (tertiary/aromatic N) is 1. The predicted molar refractivity (Wildman–Crippen MR) is 86.2 cm³/mol. The van der Waals surface area contributed by atoms with E-state index in [2.05, 4.69) is 29.4 Å². The summed E-state index contributed by atoms with van der Waals surface area (Å²) >= 11 is 0. The Balaban J connectivity index is 1.74. The highest BCUT2D eigenvalue weighted by atomic mass is 16.5. The lowest BCUT2D eigenvalue weighted by Gasteiger charge is -2.08. The average Bonchev–Trinajstić information content (AvgIpc) is 2.55. The molecule has 2 rings (SSSR count). The van der Waals surface area contributed by atoms with Crippen LogP contribution in [-0.4, -0.2) is 12.4 Å². The number of ether oxygens (including phenoxy) is 1. The molecule has 2 aromatic rings. The van der Waals surface area contributed by atoms with E-state index in [-0.39, 0.29) is 0 Å². The van der Waals surface area contributed by atoms with Gasteiger partial charge in [0.25, 0.3) is 0 Å². The fourth-order valence-corrected chi connectivity index (χ4v) is 2.09. The summed E-state index contributed by atoms with van der Waals surface area (Å²) in [5, 5.41) is 3.48. The van der Waals surface area contributed by atoms with Gasteiger partial charge >= 0.3 is 0 Å². The maximum absolute atomic E-state index is 5.73. The quantitative estimate of drug-likeness (QED) is 0.270. The molecule has 2 aromatic carbocycles. The first-order valence-corrected chi connectivity index (χ1v) is 7.10. The molecule has 0 fully saturated rings. The van der Waals surface area contributed by atoms with Crippen molar-refractivity contribution in [1.82, 2.24) is 0 Å². The second kappa shape index (κ2) is 7.94. The summed E-state index contributed by atoms with van der Waals surface area (Å²) in [5.74, 6) is 6.27. The summed E-state index contributed by atoms with van der Waals surface area (Å²) in [6, 6.07) is 18.0. The molecule has 0 amide bonds. The fraction of sp³-hybridized carbons (Fsp3) is 0.235. The zero-order valence-corrected chi connectivity index (χ0v) is 12.0. The van der Waals surface area contributed by atoms with Crippen LogP contribution in [-0.2, 0) is 6.42 Å². The molecule has 4 nitrogen and oxygen atoms in total. The molecule has 0 aromatic heterocycles. The first-order valence-electron chi connectivity index (χ1n) is 7.10. The number of aryl methyl sites for hydroxylation is 1. The third-order valence-corrected chi connectivity index (χ3v) is 3.24. The van der Waals surface area contributed by atoms with Gasteiger partial charge in [0.15, 0.2) is 0 Å². The summed E-state index contributed by atoms with van der Waals surface area (Å²) in [7, 11) is 0. The van der Waals surface area contributed by atoms with Crippen molar-refractivity contribution in [2.75, 3.05) is 6.61 Å². The van der Waals surface area contributed by atoms with Crippen molar-refractivity contribution in [2.24, 2.45) is 16.7 Å². The van der Waals surface area contributed by atoms with Crippen LogP contribution in [0.25, 0.3) is 0 Å². The summed E-state index contributed by atoms with van der Waals surface area (Å²) < 4.78 is 5.73. The molecule has 0 spiro atoms. The Bertz CT molecular complexity index is 582. The van der Waals surface area contributed by atoms with Gasteiger partial charge in [0, 0.05) is 5.56 Å². The van der Waals surface area contributed by atoms with Gasteiger partial charge in [-0.25, -0.2) is 0 Å². The number of benzene rings is 2. The molecule has 0 bridgehead atoms. The van der Waals surface area contributed by atoms with Gasteiger partial charge in [-0.1, -0.05) is 42.5 Å². The molecular formula is C17H21N3O. The van der Waals surface area contributed by atoms with Crippen molar-refractivity contribution < 1.29 is 4.74 Å². The molecule has 110 valence electrons. The topological polar surface area (TPSA) is 73.6 Å². The average molecular weight is 283 g/mol. The zero-order chi connectivity index (χ0) is 14.9. The van der Waals surface area contributed by atoms with Gasteiger partial charge in [-0.2, -0.15) is 5.10 Å². The molecule has 4 N–H and O–H groups in total. The number of amidine groups is 1. The Labute approximate surface area is 125 Å². The Morgan fingerprint density at radius 2 is 1.81 bits per heavy atom. The van der Waals surface area contributed by atoms with Crippen LogP contribution in [0.4, 0.5) is 0 Å². The first-order chi connectivity index (χ1) is 10.3. The number of rotatable bonds is 7. The maximum Gasteiger partial charge on any atom is 0.150 e. The van der Waals surface area contributed by atoms with Gasteiger partial charge in [0.2, 0.25) is 0 Å². The van der Waals surface area contributed by atoms with E-state index in [0.717, 1.165) is 30.6 Å². The monoisotopic (exact) mass is 283 g/mol. The number of unbranched alkanes of at least 4 members (excludes halogenated alkanes) is 1. The fourth-order valence-electron chi connectivity index (χ4n) is 2.09. The molecule has 0 aliphatic heterocycles. The molecule has 0 radical (unpaired) electrons. The van der Waals surface area contributed by atoms with Crippen LogP contribution in [0.2, 0.25) is 0 Å². The van der Waals surface area contributed by atoms with Crippen molar-refractivity contribution in [3.05, 3.63) is 65.7 Å². The molecule has 0 aliphatic carbocycles. The second-order valence-corrected chi connectivity index (χ2v) is 4.83. The summed E-state index contributed by atoms with van der Waals surface area (Å²) in [4.78, 5) is 0. The van der Waals surface area contributed by atoms with Crippen LogP contribution in [0.1, 0.15) is 24.0 Å². The van der Waals surface area contributed by atoms with Crippen molar-refractivity contribution in [3.8, 4) is 5.75 Å². The van der Waals surface area contributed by atoms with E-state index in [1.807, 2.05) is 30.3 Å².